The molecule has 11 heavy (non-hydrogen) atoms. The summed E-state index contributed by atoms with van der Waals surface area (Å²) in [5.74, 6) is 0. The fourth-order valence-electron chi connectivity index (χ4n) is 0.910. The maximum Gasteiger partial charge on any atom is 0.0702 e. The number of para-hydroxylation sites is 1. The number of hydrogen-bond donors (Lipinski definition) is 1. The highest BCUT2D eigenvalue weighted by atomic mass is 16.3. The largest absolute Gasteiger partial charge is 0.392 e. The molecule has 0 radical (unpaired) electrons. The van der Waals surface area contributed by atoms with Gasteiger partial charge in [-0.25, -0.2) is 0 Å². The van der Waals surface area contributed by atoms with E-state index in [4.69, 9.17) is 5.11 Å². The Morgan fingerprint density at radius 3 is 2.82 bits per heavy atom. The second-order valence-electron chi connectivity index (χ2n) is 2.17. The van der Waals surface area contributed by atoms with Crippen molar-refractivity contribution < 1.29 is 5.11 Å². The standard InChI is InChI=1S/C9H11NO/c1-2-10-9-6-4-3-5-8(9)7-11/h2-6,11H,7H2,1H3. The van der Waals surface area contributed by atoms with E-state index in [2.05, 4.69) is 4.99 Å². The molecule has 0 aliphatic rings. The van der Waals surface area contributed by atoms with E-state index in [-0.39, 0.29) is 6.61 Å². The topological polar surface area (TPSA) is 32.6 Å². The lowest BCUT2D eigenvalue weighted by molar-refractivity contribution is 0.282. The highest BCUT2D eigenvalue weighted by Gasteiger charge is 1.94. The first-order valence-electron chi connectivity index (χ1n) is 3.56. The maximum atomic E-state index is 8.87. The zero-order valence-corrected chi connectivity index (χ0v) is 6.49. The molecule has 0 aliphatic carbocycles. The molecule has 0 unspecified atom stereocenters. The minimum atomic E-state index is 0.0491. The van der Waals surface area contributed by atoms with Crippen LogP contribution in [0, 0.1) is 0 Å². The van der Waals surface area contributed by atoms with Gasteiger partial charge in [-0.2, -0.15) is 0 Å². The molecule has 2 heteroatoms. The monoisotopic (exact) mass is 149 g/mol. The van der Waals surface area contributed by atoms with E-state index in [1.807, 2.05) is 31.2 Å². The molecule has 0 spiro atoms. The molecular weight excluding hydrogens is 138 g/mol. The van der Waals surface area contributed by atoms with Crippen LogP contribution in [0.25, 0.3) is 0 Å². The van der Waals surface area contributed by atoms with Crippen molar-refractivity contribution in [1.82, 2.24) is 0 Å². The van der Waals surface area contributed by atoms with E-state index in [0.717, 1.165) is 11.3 Å². The first-order chi connectivity index (χ1) is 5.38. The third-order valence-corrected chi connectivity index (χ3v) is 1.43. The van der Waals surface area contributed by atoms with Crippen LogP contribution in [0.5, 0.6) is 0 Å². The Labute approximate surface area is 66.2 Å². The molecule has 0 saturated heterocycles. The molecule has 0 fully saturated rings. The molecule has 58 valence electrons. The van der Waals surface area contributed by atoms with Crippen molar-refractivity contribution in [3.05, 3.63) is 29.8 Å². The highest BCUT2D eigenvalue weighted by Crippen LogP contribution is 2.17. The van der Waals surface area contributed by atoms with Gasteiger partial charge in [0.25, 0.3) is 0 Å². The van der Waals surface area contributed by atoms with Crippen molar-refractivity contribution in [1.29, 1.82) is 0 Å². The summed E-state index contributed by atoms with van der Waals surface area (Å²) in [6.07, 6.45) is 1.72. The van der Waals surface area contributed by atoms with Gasteiger partial charge < -0.3 is 5.11 Å². The van der Waals surface area contributed by atoms with Gasteiger partial charge in [0.15, 0.2) is 0 Å². The lowest BCUT2D eigenvalue weighted by Crippen LogP contribution is -1.82. The van der Waals surface area contributed by atoms with E-state index in [9.17, 15) is 0 Å². The maximum absolute atomic E-state index is 8.87. The molecule has 0 amide bonds. The lowest BCUT2D eigenvalue weighted by Gasteiger charge is -1.99. The second-order valence-corrected chi connectivity index (χ2v) is 2.17. The second kappa shape index (κ2) is 3.88. The summed E-state index contributed by atoms with van der Waals surface area (Å²) in [6, 6.07) is 7.54. The zero-order chi connectivity index (χ0) is 8.10. The highest BCUT2D eigenvalue weighted by molar-refractivity contribution is 5.62. The van der Waals surface area contributed by atoms with Crippen LogP contribution >= 0.6 is 0 Å². The third-order valence-electron chi connectivity index (χ3n) is 1.43. The number of aliphatic hydroxyl groups excluding tert-OH is 1. The van der Waals surface area contributed by atoms with E-state index in [1.165, 1.54) is 0 Å². The Morgan fingerprint density at radius 1 is 1.45 bits per heavy atom. The van der Waals surface area contributed by atoms with Crippen LogP contribution in [0.4, 0.5) is 5.69 Å². The molecule has 0 bridgehead atoms. The van der Waals surface area contributed by atoms with Gasteiger partial charge in [-0.05, 0) is 13.0 Å². The van der Waals surface area contributed by atoms with Crippen LogP contribution < -0.4 is 0 Å². The average Bonchev–Trinajstić information content (AvgIpc) is 2.06. The van der Waals surface area contributed by atoms with Crippen molar-refractivity contribution in [3.63, 3.8) is 0 Å². The van der Waals surface area contributed by atoms with Crippen molar-refractivity contribution in [2.75, 3.05) is 0 Å². The van der Waals surface area contributed by atoms with Crippen molar-refractivity contribution in [2.45, 2.75) is 13.5 Å². The van der Waals surface area contributed by atoms with Crippen LogP contribution in [0.1, 0.15) is 12.5 Å². The van der Waals surface area contributed by atoms with Crippen molar-refractivity contribution in [2.24, 2.45) is 4.99 Å². The molecule has 1 rings (SSSR count). The van der Waals surface area contributed by atoms with E-state index < -0.39 is 0 Å². The van der Waals surface area contributed by atoms with Gasteiger partial charge in [0.2, 0.25) is 0 Å². The van der Waals surface area contributed by atoms with Gasteiger partial charge >= 0.3 is 0 Å². The van der Waals surface area contributed by atoms with Gasteiger partial charge in [0.1, 0.15) is 0 Å². The van der Waals surface area contributed by atoms with Gasteiger partial charge in [0.05, 0.1) is 12.3 Å². The summed E-state index contributed by atoms with van der Waals surface area (Å²) >= 11 is 0. The van der Waals surface area contributed by atoms with Gasteiger partial charge in [0, 0.05) is 11.8 Å². The first-order valence-corrected chi connectivity index (χ1v) is 3.56. The SMILES string of the molecule is CC=Nc1ccccc1CO. The molecule has 2 nitrogen and oxygen atoms in total. The third kappa shape index (κ3) is 1.88. The van der Waals surface area contributed by atoms with Crippen LogP contribution in [0.15, 0.2) is 29.3 Å². The normalized spacial score (nSPS) is 10.7. The first kappa shape index (κ1) is 7.95. The van der Waals surface area contributed by atoms with Crippen molar-refractivity contribution >= 4 is 11.9 Å². The van der Waals surface area contributed by atoms with E-state index >= 15 is 0 Å². The molecule has 0 heterocycles. The van der Waals surface area contributed by atoms with Crippen LogP contribution in [-0.2, 0) is 6.61 Å². The fourth-order valence-corrected chi connectivity index (χ4v) is 0.910. The summed E-state index contributed by atoms with van der Waals surface area (Å²) in [4.78, 5) is 4.09. The number of hydrogen-bond acceptors (Lipinski definition) is 2. The van der Waals surface area contributed by atoms with Crippen LogP contribution in [0.3, 0.4) is 0 Å². The number of rotatable bonds is 2. The smallest absolute Gasteiger partial charge is 0.0702 e. The Hall–Kier alpha value is -1.15. The molecule has 0 saturated carbocycles. The van der Waals surface area contributed by atoms with E-state index in [1.54, 1.807) is 6.21 Å². The van der Waals surface area contributed by atoms with E-state index in [0.29, 0.717) is 0 Å². The predicted octanol–water partition coefficient (Wildman–Crippen LogP) is 1.90. The Morgan fingerprint density at radius 2 is 2.18 bits per heavy atom. The predicted molar refractivity (Wildman–Crippen MR) is 46.2 cm³/mol. The molecule has 1 aromatic carbocycles. The molecule has 0 aliphatic heterocycles. The fraction of sp³-hybridized carbons (Fsp3) is 0.222. The Balaban J connectivity index is 3.02. The van der Waals surface area contributed by atoms with Crippen LogP contribution in [0.2, 0.25) is 0 Å². The summed E-state index contributed by atoms with van der Waals surface area (Å²) < 4.78 is 0. The zero-order valence-electron chi connectivity index (χ0n) is 6.49. The summed E-state index contributed by atoms with van der Waals surface area (Å²) in [6.45, 7) is 1.90. The average molecular weight is 149 g/mol. The summed E-state index contributed by atoms with van der Waals surface area (Å²) in [5.41, 5.74) is 1.71. The molecule has 1 aromatic rings. The van der Waals surface area contributed by atoms with Crippen molar-refractivity contribution in [3.8, 4) is 0 Å². The van der Waals surface area contributed by atoms with Crippen LogP contribution in [-0.4, -0.2) is 11.3 Å². The quantitative estimate of drug-likeness (QED) is 0.640. The Bertz CT molecular complexity index is 255. The number of aliphatic hydroxyl groups is 1. The minimum absolute atomic E-state index is 0.0491. The number of nitrogens with zero attached hydrogens (tertiary/aromatic N) is 1. The van der Waals surface area contributed by atoms with Gasteiger partial charge in [-0.1, -0.05) is 18.2 Å². The summed E-state index contributed by atoms with van der Waals surface area (Å²) in [7, 11) is 0. The minimum Gasteiger partial charge on any atom is -0.392 e. The molecule has 1 N–H and O–H groups in total. The lowest BCUT2D eigenvalue weighted by atomic mass is 10.2. The number of benzene rings is 1. The van der Waals surface area contributed by atoms with Gasteiger partial charge in [-0.3, -0.25) is 4.99 Å². The molecule has 0 aromatic heterocycles. The van der Waals surface area contributed by atoms with Gasteiger partial charge in [-0.15, -0.1) is 0 Å². The molecular formula is C9H11NO. The number of aliphatic imine (C=N–C) groups is 1. The Kier molecular flexibility index (Phi) is 2.81. The molecule has 0 atom stereocenters. The summed E-state index contributed by atoms with van der Waals surface area (Å²) in [5, 5.41) is 8.87.